The third-order valence-corrected chi connectivity index (χ3v) is 7.77. The second-order valence-electron chi connectivity index (χ2n) is 9.26. The second-order valence-corrected chi connectivity index (χ2v) is 10.2. The van der Waals surface area contributed by atoms with E-state index in [1.165, 1.54) is 36.0 Å². The van der Waals surface area contributed by atoms with Gasteiger partial charge in [-0.05, 0) is 50.5 Å². The van der Waals surface area contributed by atoms with Gasteiger partial charge in [0.2, 0.25) is 17.7 Å². The molecule has 3 aliphatic rings. The number of rotatable bonds is 8. The van der Waals surface area contributed by atoms with Gasteiger partial charge in [-0.1, -0.05) is 31.5 Å². The predicted octanol–water partition coefficient (Wildman–Crippen LogP) is 2.66. The van der Waals surface area contributed by atoms with Crippen LogP contribution in [0.2, 0.25) is 0 Å². The molecule has 2 fully saturated rings. The molecule has 35 heavy (non-hydrogen) atoms. The van der Waals surface area contributed by atoms with Crippen molar-refractivity contribution >= 4 is 40.3 Å². The van der Waals surface area contributed by atoms with Gasteiger partial charge in [-0.25, -0.2) is 4.39 Å². The van der Waals surface area contributed by atoms with E-state index in [0.717, 1.165) is 32.1 Å². The number of hydrogen-bond donors (Lipinski definition) is 3. The first-order valence-electron chi connectivity index (χ1n) is 12.3. The van der Waals surface area contributed by atoms with Crippen LogP contribution in [0.5, 0.6) is 0 Å². The lowest BCUT2D eigenvalue weighted by molar-refractivity contribution is -0.155. The van der Waals surface area contributed by atoms with E-state index in [4.69, 9.17) is 0 Å². The highest BCUT2D eigenvalue weighted by Crippen LogP contribution is 2.38. The Morgan fingerprint density at radius 1 is 1.23 bits per heavy atom. The van der Waals surface area contributed by atoms with Crippen LogP contribution in [0.4, 0.5) is 10.1 Å². The fourth-order valence-corrected chi connectivity index (χ4v) is 5.65. The summed E-state index contributed by atoms with van der Waals surface area (Å²) in [5, 5.41) is 10.9. The molecule has 0 spiro atoms. The monoisotopic (exact) mass is 504 g/mol. The van der Waals surface area contributed by atoms with Crippen LogP contribution in [0, 0.1) is 11.7 Å². The fraction of sp³-hybridized carbons (Fsp3) is 0.583. The number of fused-ring (bicyclic) bond motifs is 3. The van der Waals surface area contributed by atoms with Crippen molar-refractivity contribution in [2.24, 2.45) is 11.0 Å². The van der Waals surface area contributed by atoms with Crippen LogP contribution in [-0.4, -0.2) is 63.4 Å². The van der Waals surface area contributed by atoms with E-state index in [1.807, 2.05) is 13.8 Å². The SMILES string of the molecule is CCC(C)NC(=O)CCN1C(=O)C2CCCCC2N2C(SCC(=O)Nc3ccc(F)cc3)=NNC12. The number of amides is 3. The van der Waals surface area contributed by atoms with Gasteiger partial charge >= 0.3 is 0 Å². The fourth-order valence-electron chi connectivity index (χ4n) is 4.82. The number of benzene rings is 1. The third-order valence-electron chi connectivity index (χ3n) is 6.80. The van der Waals surface area contributed by atoms with Gasteiger partial charge in [0.25, 0.3) is 0 Å². The lowest BCUT2D eigenvalue weighted by Crippen LogP contribution is -2.67. The first-order chi connectivity index (χ1) is 16.9. The van der Waals surface area contributed by atoms with Crippen molar-refractivity contribution in [2.75, 3.05) is 17.6 Å². The summed E-state index contributed by atoms with van der Waals surface area (Å²) < 4.78 is 13.1. The molecule has 0 aromatic heterocycles. The molecule has 3 amide bonds. The first kappa shape index (κ1) is 25.3. The van der Waals surface area contributed by atoms with Crippen molar-refractivity contribution in [3.63, 3.8) is 0 Å². The summed E-state index contributed by atoms with van der Waals surface area (Å²) in [5.41, 5.74) is 3.60. The lowest BCUT2D eigenvalue weighted by atomic mass is 9.81. The Morgan fingerprint density at radius 3 is 2.71 bits per heavy atom. The Morgan fingerprint density at radius 2 is 1.97 bits per heavy atom. The average Bonchev–Trinajstić information content (AvgIpc) is 3.28. The molecule has 4 atom stereocenters. The van der Waals surface area contributed by atoms with E-state index in [0.29, 0.717) is 17.4 Å². The molecule has 11 heteroatoms. The summed E-state index contributed by atoms with van der Waals surface area (Å²) in [5.74, 6) is -0.607. The number of thioether (sulfide) groups is 1. The van der Waals surface area contributed by atoms with Crippen molar-refractivity contribution in [3.8, 4) is 0 Å². The Kier molecular flexibility index (Phi) is 8.15. The third kappa shape index (κ3) is 5.88. The van der Waals surface area contributed by atoms with E-state index < -0.39 is 6.29 Å². The molecule has 1 aliphatic carbocycles. The molecular weight excluding hydrogens is 471 g/mol. The van der Waals surface area contributed by atoms with Crippen molar-refractivity contribution in [1.29, 1.82) is 0 Å². The molecule has 0 bridgehead atoms. The van der Waals surface area contributed by atoms with Gasteiger partial charge in [-0.15, -0.1) is 0 Å². The van der Waals surface area contributed by atoms with Crippen LogP contribution in [0.3, 0.4) is 0 Å². The highest BCUT2D eigenvalue weighted by atomic mass is 32.2. The molecule has 4 unspecified atom stereocenters. The zero-order chi connectivity index (χ0) is 24.9. The topological polar surface area (TPSA) is 106 Å². The van der Waals surface area contributed by atoms with Gasteiger partial charge in [0, 0.05) is 30.7 Å². The molecule has 1 aromatic rings. The largest absolute Gasteiger partial charge is 0.354 e. The zero-order valence-electron chi connectivity index (χ0n) is 20.1. The smallest absolute Gasteiger partial charge is 0.234 e. The molecule has 2 aliphatic heterocycles. The number of amidine groups is 1. The van der Waals surface area contributed by atoms with E-state index in [-0.39, 0.29) is 53.7 Å². The normalized spacial score (nSPS) is 24.1. The number of hydrogen-bond acceptors (Lipinski definition) is 7. The maximum atomic E-state index is 13.4. The van der Waals surface area contributed by atoms with Gasteiger partial charge < -0.3 is 20.4 Å². The quantitative estimate of drug-likeness (QED) is 0.503. The highest BCUT2D eigenvalue weighted by Gasteiger charge is 2.50. The van der Waals surface area contributed by atoms with Gasteiger partial charge in [0.15, 0.2) is 11.5 Å². The van der Waals surface area contributed by atoms with Crippen LogP contribution in [-0.2, 0) is 14.4 Å². The molecule has 1 saturated heterocycles. The van der Waals surface area contributed by atoms with Crippen LogP contribution in [0.15, 0.2) is 29.4 Å². The van der Waals surface area contributed by atoms with Crippen molar-refractivity contribution < 1.29 is 18.8 Å². The molecule has 0 radical (unpaired) electrons. The summed E-state index contributed by atoms with van der Waals surface area (Å²) in [4.78, 5) is 42.1. The zero-order valence-corrected chi connectivity index (χ0v) is 20.9. The van der Waals surface area contributed by atoms with E-state index in [9.17, 15) is 18.8 Å². The summed E-state index contributed by atoms with van der Waals surface area (Å²) in [6.07, 6.45) is 4.35. The van der Waals surface area contributed by atoms with Crippen molar-refractivity contribution in [2.45, 2.75) is 70.7 Å². The van der Waals surface area contributed by atoms with Gasteiger partial charge in [-0.3, -0.25) is 19.8 Å². The number of nitrogens with zero attached hydrogens (tertiary/aromatic N) is 3. The maximum Gasteiger partial charge on any atom is 0.234 e. The van der Waals surface area contributed by atoms with Crippen LogP contribution < -0.4 is 16.1 Å². The number of anilines is 1. The number of nitrogens with one attached hydrogen (secondary N) is 3. The maximum absolute atomic E-state index is 13.4. The number of carbonyl (C=O) groups excluding carboxylic acids is 3. The molecule has 4 rings (SSSR count). The van der Waals surface area contributed by atoms with E-state index in [2.05, 4.69) is 26.1 Å². The minimum absolute atomic E-state index is 0.0212. The van der Waals surface area contributed by atoms with E-state index >= 15 is 0 Å². The molecule has 3 N–H and O–H groups in total. The van der Waals surface area contributed by atoms with E-state index in [1.54, 1.807) is 4.90 Å². The molecule has 1 aromatic carbocycles. The molecule has 1 saturated carbocycles. The molecular formula is C24H33FN6O3S. The Hall–Kier alpha value is -2.82. The highest BCUT2D eigenvalue weighted by molar-refractivity contribution is 8.14. The minimum atomic E-state index is -0.457. The molecule has 9 nitrogen and oxygen atoms in total. The van der Waals surface area contributed by atoms with Crippen LogP contribution in [0.1, 0.15) is 52.4 Å². The Balaban J connectivity index is 1.40. The molecule has 190 valence electrons. The number of halogens is 1. The van der Waals surface area contributed by atoms with Gasteiger partial charge in [0.1, 0.15) is 5.82 Å². The second kappa shape index (κ2) is 11.3. The summed E-state index contributed by atoms with van der Waals surface area (Å²) >= 11 is 1.31. The number of hydrazone groups is 1. The summed E-state index contributed by atoms with van der Waals surface area (Å²) in [6, 6.07) is 5.74. The van der Waals surface area contributed by atoms with Gasteiger partial charge in [0.05, 0.1) is 11.7 Å². The summed E-state index contributed by atoms with van der Waals surface area (Å²) in [6.45, 7) is 4.27. The Labute approximate surface area is 209 Å². The van der Waals surface area contributed by atoms with Gasteiger partial charge in [-0.2, -0.15) is 5.10 Å². The van der Waals surface area contributed by atoms with Crippen molar-refractivity contribution in [1.82, 2.24) is 20.5 Å². The standard InChI is InChI=1S/C24H33FN6O3S/c1-3-15(2)26-20(32)12-13-30-22(34)18-6-4-5-7-19(18)31-23(30)28-29-24(31)35-14-21(33)27-17-10-8-16(25)9-11-17/h8-11,15,18-19,23,28H,3-7,12-14H2,1-2H3,(H,26,32)(H,27,33). The minimum Gasteiger partial charge on any atom is -0.354 e. The lowest BCUT2D eigenvalue weighted by Gasteiger charge is -2.50. The summed E-state index contributed by atoms with van der Waals surface area (Å²) in [7, 11) is 0. The van der Waals surface area contributed by atoms with Crippen LogP contribution in [0.25, 0.3) is 0 Å². The average molecular weight is 505 g/mol. The Bertz CT molecular complexity index is 975. The van der Waals surface area contributed by atoms with Crippen molar-refractivity contribution in [3.05, 3.63) is 30.1 Å². The predicted molar refractivity (Wildman–Crippen MR) is 134 cm³/mol. The molecule has 2 heterocycles. The number of carbonyl (C=O) groups is 3. The van der Waals surface area contributed by atoms with Crippen LogP contribution >= 0.6 is 11.8 Å². The first-order valence-corrected chi connectivity index (χ1v) is 13.3.